The maximum absolute atomic E-state index is 12.5. The third-order valence-electron chi connectivity index (χ3n) is 4.67. The minimum atomic E-state index is -3.40. The Kier molecular flexibility index (Phi) is 6.11. The summed E-state index contributed by atoms with van der Waals surface area (Å²) in [6.45, 7) is 4.33. The van der Waals surface area contributed by atoms with Crippen LogP contribution in [0.15, 0.2) is 29.2 Å². The Hall–Kier alpha value is -0.620. The molecule has 2 atom stereocenters. The molecule has 2 N–H and O–H groups in total. The van der Waals surface area contributed by atoms with Crippen molar-refractivity contribution in [1.29, 1.82) is 0 Å². The molecule has 2 unspecified atom stereocenters. The standard InChI is InChI=1S/C17H26N2O2S.ClH/c1-12(2)9-13-3-7-17(8-4-13)22(20,21)19-16-10-14-5-6-15(11-16)18-14;/h3-4,7-8,12,14-16,18-19H,5-6,9-11H2,1-2H3;1H. The Morgan fingerprint density at radius 3 is 2.22 bits per heavy atom. The van der Waals surface area contributed by atoms with E-state index in [-0.39, 0.29) is 18.4 Å². The van der Waals surface area contributed by atoms with Crippen LogP contribution in [-0.4, -0.2) is 26.5 Å². The van der Waals surface area contributed by atoms with Crippen LogP contribution in [-0.2, 0) is 16.4 Å². The zero-order valence-electron chi connectivity index (χ0n) is 13.8. The summed E-state index contributed by atoms with van der Waals surface area (Å²) in [5.74, 6) is 0.575. The van der Waals surface area contributed by atoms with Crippen LogP contribution in [0.2, 0.25) is 0 Å². The lowest BCUT2D eigenvalue weighted by Gasteiger charge is -2.29. The number of hydrogen-bond donors (Lipinski definition) is 2. The van der Waals surface area contributed by atoms with E-state index in [1.54, 1.807) is 12.1 Å². The lowest BCUT2D eigenvalue weighted by Crippen LogP contribution is -2.47. The summed E-state index contributed by atoms with van der Waals surface area (Å²) >= 11 is 0. The molecule has 0 aromatic heterocycles. The van der Waals surface area contributed by atoms with E-state index >= 15 is 0 Å². The molecule has 2 bridgehead atoms. The van der Waals surface area contributed by atoms with Gasteiger partial charge in [-0.15, -0.1) is 12.4 Å². The summed E-state index contributed by atoms with van der Waals surface area (Å²) in [5, 5.41) is 3.54. The fourth-order valence-corrected chi connectivity index (χ4v) is 4.98. The quantitative estimate of drug-likeness (QED) is 0.850. The smallest absolute Gasteiger partial charge is 0.240 e. The topological polar surface area (TPSA) is 58.2 Å². The van der Waals surface area contributed by atoms with Crippen LogP contribution in [0.25, 0.3) is 0 Å². The first-order valence-electron chi connectivity index (χ1n) is 8.29. The molecule has 0 aliphatic carbocycles. The summed E-state index contributed by atoms with van der Waals surface area (Å²) < 4.78 is 28.0. The van der Waals surface area contributed by atoms with Crippen LogP contribution in [0, 0.1) is 5.92 Å². The van der Waals surface area contributed by atoms with E-state index < -0.39 is 10.0 Å². The van der Waals surface area contributed by atoms with Crippen molar-refractivity contribution in [3.05, 3.63) is 29.8 Å². The number of fused-ring (bicyclic) bond motifs is 2. The van der Waals surface area contributed by atoms with Gasteiger partial charge in [0.25, 0.3) is 0 Å². The lowest BCUT2D eigenvalue weighted by atomic mass is 10.0. The minimum absolute atomic E-state index is 0. The zero-order valence-corrected chi connectivity index (χ0v) is 15.4. The first-order chi connectivity index (χ1) is 10.4. The SMILES string of the molecule is CC(C)Cc1ccc(S(=O)(=O)NC2CC3CCC(C2)N3)cc1.Cl. The fraction of sp³-hybridized carbons (Fsp3) is 0.647. The van der Waals surface area contributed by atoms with Gasteiger partial charge in [-0.25, -0.2) is 13.1 Å². The normalized spacial score (nSPS) is 27.0. The maximum Gasteiger partial charge on any atom is 0.240 e. The van der Waals surface area contributed by atoms with Gasteiger partial charge >= 0.3 is 0 Å². The van der Waals surface area contributed by atoms with Crippen molar-refractivity contribution in [2.24, 2.45) is 5.92 Å². The molecule has 23 heavy (non-hydrogen) atoms. The van der Waals surface area contributed by atoms with Crippen molar-refractivity contribution < 1.29 is 8.42 Å². The van der Waals surface area contributed by atoms with Gasteiger partial charge in [-0.2, -0.15) is 0 Å². The maximum atomic E-state index is 12.5. The van der Waals surface area contributed by atoms with Crippen molar-refractivity contribution in [2.45, 2.75) is 69.0 Å². The van der Waals surface area contributed by atoms with Gasteiger partial charge in [0.15, 0.2) is 0 Å². The van der Waals surface area contributed by atoms with Gasteiger partial charge in [0.1, 0.15) is 0 Å². The molecule has 1 aromatic rings. The highest BCUT2D eigenvalue weighted by atomic mass is 35.5. The van der Waals surface area contributed by atoms with Crippen molar-refractivity contribution in [2.75, 3.05) is 0 Å². The van der Waals surface area contributed by atoms with Crippen molar-refractivity contribution >= 4 is 22.4 Å². The number of benzene rings is 1. The van der Waals surface area contributed by atoms with Gasteiger partial charge in [0.05, 0.1) is 4.90 Å². The molecule has 2 saturated heterocycles. The van der Waals surface area contributed by atoms with Crippen LogP contribution in [0.1, 0.15) is 45.1 Å². The van der Waals surface area contributed by atoms with E-state index in [1.165, 1.54) is 18.4 Å². The van der Waals surface area contributed by atoms with E-state index in [9.17, 15) is 8.42 Å². The van der Waals surface area contributed by atoms with Gasteiger partial charge in [-0.05, 0) is 55.7 Å². The number of sulfonamides is 1. The molecule has 0 radical (unpaired) electrons. The van der Waals surface area contributed by atoms with Gasteiger partial charge in [-0.3, -0.25) is 0 Å². The van der Waals surface area contributed by atoms with Gasteiger partial charge in [0, 0.05) is 18.1 Å². The molecule has 0 amide bonds. The predicted octanol–water partition coefficient (Wildman–Crippen LogP) is 2.87. The molecule has 130 valence electrons. The van der Waals surface area contributed by atoms with Gasteiger partial charge < -0.3 is 5.32 Å². The number of nitrogens with one attached hydrogen (secondary N) is 2. The third-order valence-corrected chi connectivity index (χ3v) is 6.21. The molecular formula is C17H27ClN2O2S. The summed E-state index contributed by atoms with van der Waals surface area (Å²) in [7, 11) is -3.40. The second-order valence-corrected chi connectivity index (χ2v) is 8.88. The van der Waals surface area contributed by atoms with Crippen LogP contribution < -0.4 is 10.0 Å². The molecule has 3 rings (SSSR count). The summed E-state index contributed by atoms with van der Waals surface area (Å²) in [4.78, 5) is 0.380. The van der Waals surface area contributed by atoms with Crippen molar-refractivity contribution in [3.8, 4) is 0 Å². The first-order valence-corrected chi connectivity index (χ1v) is 9.78. The van der Waals surface area contributed by atoms with E-state index in [0.29, 0.717) is 22.9 Å². The van der Waals surface area contributed by atoms with Crippen LogP contribution in [0.3, 0.4) is 0 Å². The second kappa shape index (κ2) is 7.51. The summed E-state index contributed by atoms with van der Waals surface area (Å²) in [5.41, 5.74) is 1.19. The van der Waals surface area contributed by atoms with E-state index in [2.05, 4.69) is 23.9 Å². The van der Waals surface area contributed by atoms with Crippen LogP contribution in [0.4, 0.5) is 0 Å². The van der Waals surface area contributed by atoms with Crippen LogP contribution >= 0.6 is 12.4 Å². The number of halogens is 1. The number of rotatable bonds is 5. The molecule has 2 fully saturated rings. The molecule has 0 spiro atoms. The molecule has 2 heterocycles. The Labute approximate surface area is 145 Å². The van der Waals surface area contributed by atoms with Gasteiger partial charge in [-0.1, -0.05) is 26.0 Å². The Morgan fingerprint density at radius 2 is 1.70 bits per heavy atom. The Balaban J connectivity index is 0.00000192. The van der Waals surface area contributed by atoms with Crippen LogP contribution in [0.5, 0.6) is 0 Å². The van der Waals surface area contributed by atoms with E-state index in [4.69, 9.17) is 0 Å². The molecular weight excluding hydrogens is 332 g/mol. The molecule has 2 aliphatic rings. The average Bonchev–Trinajstić information content (AvgIpc) is 2.77. The molecule has 4 nitrogen and oxygen atoms in total. The van der Waals surface area contributed by atoms with Gasteiger partial charge in [0.2, 0.25) is 10.0 Å². The highest BCUT2D eigenvalue weighted by Gasteiger charge is 2.35. The summed E-state index contributed by atoms with van der Waals surface area (Å²) in [6, 6.07) is 8.37. The number of piperidine rings is 1. The molecule has 1 aromatic carbocycles. The van der Waals surface area contributed by atoms with E-state index in [0.717, 1.165) is 19.3 Å². The Morgan fingerprint density at radius 1 is 1.13 bits per heavy atom. The van der Waals surface area contributed by atoms with Crippen molar-refractivity contribution in [3.63, 3.8) is 0 Å². The van der Waals surface area contributed by atoms with Crippen molar-refractivity contribution in [1.82, 2.24) is 10.0 Å². The minimum Gasteiger partial charge on any atom is -0.311 e. The highest BCUT2D eigenvalue weighted by molar-refractivity contribution is 7.89. The largest absolute Gasteiger partial charge is 0.311 e. The molecule has 2 aliphatic heterocycles. The van der Waals surface area contributed by atoms with E-state index in [1.807, 2.05) is 12.1 Å². The third kappa shape index (κ3) is 4.69. The highest BCUT2D eigenvalue weighted by Crippen LogP contribution is 2.27. The first kappa shape index (κ1) is 18.7. The zero-order chi connectivity index (χ0) is 15.7. The lowest BCUT2D eigenvalue weighted by molar-refractivity contribution is 0.345. The predicted molar refractivity (Wildman–Crippen MR) is 95.5 cm³/mol. The average molecular weight is 359 g/mol. The molecule has 0 saturated carbocycles. The second-order valence-electron chi connectivity index (χ2n) is 7.17. The number of hydrogen-bond acceptors (Lipinski definition) is 3. The monoisotopic (exact) mass is 358 g/mol. The molecule has 6 heteroatoms. The summed E-state index contributed by atoms with van der Waals surface area (Å²) in [6.07, 6.45) is 5.13. The Bertz CT molecular complexity index is 604. The fourth-order valence-electron chi connectivity index (χ4n) is 3.72.